The molecule has 5 heteroatoms. The SMILES string of the molecule is CCc1cc(C)c(CC)n1NS(=O)(=O)c1ccc(C)cc1. The number of benzene rings is 1. The Kier molecular flexibility index (Phi) is 4.42. The number of hydrogen-bond acceptors (Lipinski definition) is 2. The molecule has 0 spiro atoms. The predicted molar refractivity (Wildman–Crippen MR) is 85.7 cm³/mol. The molecule has 21 heavy (non-hydrogen) atoms. The quantitative estimate of drug-likeness (QED) is 0.922. The molecule has 0 amide bonds. The van der Waals surface area contributed by atoms with Gasteiger partial charge in [0.25, 0.3) is 10.0 Å². The van der Waals surface area contributed by atoms with Crippen molar-refractivity contribution in [3.63, 3.8) is 0 Å². The molecule has 1 heterocycles. The predicted octanol–water partition coefficient (Wildman–Crippen LogP) is 3.16. The zero-order valence-corrected chi connectivity index (χ0v) is 13.8. The van der Waals surface area contributed by atoms with E-state index in [1.165, 1.54) is 0 Å². The molecule has 2 aromatic rings. The first-order valence-corrected chi connectivity index (χ1v) is 8.67. The van der Waals surface area contributed by atoms with E-state index in [0.717, 1.165) is 35.4 Å². The maximum absolute atomic E-state index is 12.5. The number of rotatable bonds is 5. The van der Waals surface area contributed by atoms with Gasteiger partial charge >= 0.3 is 0 Å². The third-order valence-electron chi connectivity index (χ3n) is 3.64. The summed E-state index contributed by atoms with van der Waals surface area (Å²) in [5, 5.41) is 0. The molecule has 0 unspecified atom stereocenters. The highest BCUT2D eigenvalue weighted by atomic mass is 32.2. The molecule has 1 aromatic carbocycles. The van der Waals surface area contributed by atoms with Crippen molar-refractivity contribution in [1.82, 2.24) is 4.68 Å². The Morgan fingerprint density at radius 1 is 1.05 bits per heavy atom. The highest BCUT2D eigenvalue weighted by molar-refractivity contribution is 7.92. The van der Waals surface area contributed by atoms with Crippen molar-refractivity contribution < 1.29 is 8.42 Å². The molecule has 114 valence electrons. The lowest BCUT2D eigenvalue weighted by atomic mass is 10.2. The molecule has 0 aliphatic heterocycles. The van der Waals surface area contributed by atoms with E-state index in [9.17, 15) is 8.42 Å². The van der Waals surface area contributed by atoms with E-state index in [1.807, 2.05) is 33.8 Å². The molecule has 0 aliphatic rings. The summed E-state index contributed by atoms with van der Waals surface area (Å²) in [4.78, 5) is 2.98. The standard InChI is InChI=1S/C16H22N2O2S/c1-5-14-11-13(4)16(6-2)18(14)17-21(19,20)15-9-7-12(3)8-10-15/h7-11,17H,5-6H2,1-4H3. The van der Waals surface area contributed by atoms with E-state index < -0.39 is 10.0 Å². The molecule has 1 N–H and O–H groups in total. The maximum Gasteiger partial charge on any atom is 0.275 e. The lowest BCUT2D eigenvalue weighted by molar-refractivity contribution is 0.593. The van der Waals surface area contributed by atoms with Gasteiger partial charge in [0.2, 0.25) is 0 Å². The highest BCUT2D eigenvalue weighted by Crippen LogP contribution is 2.18. The van der Waals surface area contributed by atoms with Gasteiger partial charge in [-0.2, -0.15) is 8.42 Å². The second-order valence-corrected chi connectivity index (χ2v) is 6.88. The third-order valence-corrected chi connectivity index (χ3v) is 4.95. The van der Waals surface area contributed by atoms with Crippen molar-refractivity contribution in [2.75, 3.05) is 4.83 Å². The van der Waals surface area contributed by atoms with E-state index in [4.69, 9.17) is 0 Å². The van der Waals surface area contributed by atoms with Crippen molar-refractivity contribution in [2.45, 2.75) is 45.4 Å². The Morgan fingerprint density at radius 3 is 2.19 bits per heavy atom. The van der Waals surface area contributed by atoms with E-state index in [2.05, 4.69) is 4.83 Å². The van der Waals surface area contributed by atoms with Crippen molar-refractivity contribution >= 4 is 10.0 Å². The van der Waals surface area contributed by atoms with Gasteiger partial charge in [0.15, 0.2) is 0 Å². The fourth-order valence-electron chi connectivity index (χ4n) is 2.45. The van der Waals surface area contributed by atoms with Crippen LogP contribution in [0, 0.1) is 13.8 Å². The van der Waals surface area contributed by atoms with Gasteiger partial charge in [-0.05, 0) is 50.5 Å². The largest absolute Gasteiger partial charge is 0.275 e. The minimum atomic E-state index is -3.57. The molecule has 1 aromatic heterocycles. The van der Waals surface area contributed by atoms with Crippen molar-refractivity contribution in [3.8, 4) is 0 Å². The molecule has 0 saturated heterocycles. The van der Waals surface area contributed by atoms with Gasteiger partial charge < -0.3 is 0 Å². The lowest BCUT2D eigenvalue weighted by Crippen LogP contribution is -2.26. The lowest BCUT2D eigenvalue weighted by Gasteiger charge is -2.15. The number of nitrogens with one attached hydrogen (secondary N) is 1. The summed E-state index contributed by atoms with van der Waals surface area (Å²) in [7, 11) is -3.57. The van der Waals surface area contributed by atoms with E-state index in [1.54, 1.807) is 28.9 Å². The molecule has 0 saturated carbocycles. The van der Waals surface area contributed by atoms with Gasteiger partial charge in [0.05, 0.1) is 4.90 Å². The van der Waals surface area contributed by atoms with Crippen LogP contribution in [0.2, 0.25) is 0 Å². The van der Waals surface area contributed by atoms with Gasteiger partial charge in [0.1, 0.15) is 0 Å². The van der Waals surface area contributed by atoms with E-state index in [-0.39, 0.29) is 4.90 Å². The summed E-state index contributed by atoms with van der Waals surface area (Å²) in [5.74, 6) is 0. The van der Waals surface area contributed by atoms with Gasteiger partial charge in [-0.1, -0.05) is 31.5 Å². The van der Waals surface area contributed by atoms with Crippen LogP contribution in [0.15, 0.2) is 35.2 Å². The smallest absolute Gasteiger partial charge is 0.255 e. The van der Waals surface area contributed by atoms with Crippen LogP contribution in [0.1, 0.15) is 36.4 Å². The molecular weight excluding hydrogens is 284 g/mol. The average Bonchev–Trinajstić information content (AvgIpc) is 2.74. The van der Waals surface area contributed by atoms with Gasteiger partial charge in [0, 0.05) is 11.4 Å². The molecule has 0 fully saturated rings. The highest BCUT2D eigenvalue weighted by Gasteiger charge is 2.18. The summed E-state index contributed by atoms with van der Waals surface area (Å²) >= 11 is 0. The first-order chi connectivity index (χ1) is 9.89. The molecular formula is C16H22N2O2S. The Labute approximate surface area is 126 Å². The summed E-state index contributed by atoms with van der Waals surface area (Å²) in [6.07, 6.45) is 1.56. The van der Waals surface area contributed by atoms with Crippen LogP contribution >= 0.6 is 0 Å². The second-order valence-electron chi connectivity index (χ2n) is 5.22. The van der Waals surface area contributed by atoms with Crippen LogP contribution in [-0.4, -0.2) is 13.1 Å². The minimum absolute atomic E-state index is 0.281. The van der Waals surface area contributed by atoms with Crippen LogP contribution in [-0.2, 0) is 22.9 Å². The topological polar surface area (TPSA) is 51.1 Å². The number of aryl methyl sites for hydroxylation is 3. The Balaban J connectivity index is 2.43. The summed E-state index contributed by atoms with van der Waals surface area (Å²) in [6.45, 7) is 7.99. The normalized spacial score (nSPS) is 11.6. The van der Waals surface area contributed by atoms with Crippen LogP contribution in [0.3, 0.4) is 0 Å². The van der Waals surface area contributed by atoms with Gasteiger partial charge in [-0.25, -0.2) is 4.83 Å². The fraction of sp³-hybridized carbons (Fsp3) is 0.375. The number of sulfonamides is 1. The number of hydrogen-bond donors (Lipinski definition) is 1. The Bertz CT molecular complexity index is 728. The minimum Gasteiger partial charge on any atom is -0.255 e. The summed E-state index contributed by atoms with van der Waals surface area (Å²) in [5.41, 5.74) is 4.12. The van der Waals surface area contributed by atoms with Crippen LogP contribution in [0.4, 0.5) is 0 Å². The van der Waals surface area contributed by atoms with E-state index in [0.29, 0.717) is 0 Å². The number of nitrogens with zero attached hydrogens (tertiary/aromatic N) is 1. The van der Waals surface area contributed by atoms with Crippen molar-refractivity contribution in [2.24, 2.45) is 0 Å². The van der Waals surface area contributed by atoms with Crippen LogP contribution in [0.25, 0.3) is 0 Å². The van der Waals surface area contributed by atoms with Gasteiger partial charge in [-0.3, -0.25) is 4.68 Å². The fourth-order valence-corrected chi connectivity index (χ4v) is 3.52. The second kappa shape index (κ2) is 5.93. The van der Waals surface area contributed by atoms with Crippen molar-refractivity contribution in [1.29, 1.82) is 0 Å². The first kappa shape index (κ1) is 15.6. The Morgan fingerprint density at radius 2 is 1.67 bits per heavy atom. The summed E-state index contributed by atoms with van der Waals surface area (Å²) < 4.78 is 26.8. The molecule has 0 atom stereocenters. The van der Waals surface area contributed by atoms with Crippen LogP contribution < -0.4 is 4.83 Å². The zero-order chi connectivity index (χ0) is 15.6. The molecule has 0 radical (unpaired) electrons. The van der Waals surface area contributed by atoms with Crippen LogP contribution in [0.5, 0.6) is 0 Å². The average molecular weight is 306 g/mol. The van der Waals surface area contributed by atoms with E-state index >= 15 is 0 Å². The van der Waals surface area contributed by atoms with Gasteiger partial charge in [-0.15, -0.1) is 0 Å². The molecule has 2 rings (SSSR count). The molecule has 0 aliphatic carbocycles. The maximum atomic E-state index is 12.5. The van der Waals surface area contributed by atoms with Crippen molar-refractivity contribution in [3.05, 3.63) is 52.8 Å². The monoisotopic (exact) mass is 306 g/mol. The Hall–Kier alpha value is -1.75. The third kappa shape index (κ3) is 3.13. The summed E-state index contributed by atoms with van der Waals surface area (Å²) in [6, 6.07) is 8.90. The first-order valence-electron chi connectivity index (χ1n) is 7.18. The molecule has 0 bridgehead atoms. The molecule has 4 nitrogen and oxygen atoms in total. The zero-order valence-electron chi connectivity index (χ0n) is 13.0. The number of aromatic nitrogens is 1.